The average Bonchev–Trinajstić information content (AvgIpc) is 2.97. The number of nitrogens with zero attached hydrogens (tertiary/aromatic N) is 1. The average molecular weight is 292 g/mol. The molecule has 1 heterocycles. The molecule has 1 aromatic carbocycles. The lowest BCUT2D eigenvalue weighted by Crippen LogP contribution is -2.32. The summed E-state index contributed by atoms with van der Waals surface area (Å²) in [5, 5.41) is 11.6. The maximum Gasteiger partial charge on any atom is 0.262 e. The Hall–Kier alpha value is -2.26. The van der Waals surface area contributed by atoms with Gasteiger partial charge >= 0.3 is 0 Å². The quantitative estimate of drug-likeness (QED) is 0.683. The first-order chi connectivity index (χ1) is 10.1. The summed E-state index contributed by atoms with van der Waals surface area (Å²) in [6, 6.07) is 4.65. The summed E-state index contributed by atoms with van der Waals surface area (Å²) in [5.41, 5.74) is -0.251. The molecule has 0 aromatic heterocycles. The van der Waals surface area contributed by atoms with Gasteiger partial charge in [-0.2, -0.15) is 5.26 Å². The summed E-state index contributed by atoms with van der Waals surface area (Å²) < 4.78 is 31.6. The van der Waals surface area contributed by atoms with E-state index in [1.54, 1.807) is 6.07 Å². The predicted octanol–water partition coefficient (Wildman–Crippen LogP) is 2.17. The van der Waals surface area contributed by atoms with Crippen LogP contribution in [0.5, 0.6) is 0 Å². The van der Waals surface area contributed by atoms with Crippen molar-refractivity contribution in [3.8, 4) is 6.07 Å². The SMILES string of the molecule is N#C/C(=C\c1ccc(F)cc1F)C(=O)NC[C@H]1CCCO1. The fourth-order valence-electron chi connectivity index (χ4n) is 2.03. The molecule has 2 rings (SSSR count). The Balaban J connectivity index is 2.05. The van der Waals surface area contributed by atoms with E-state index in [2.05, 4.69) is 5.32 Å². The minimum Gasteiger partial charge on any atom is -0.376 e. The van der Waals surface area contributed by atoms with Gasteiger partial charge in [-0.15, -0.1) is 0 Å². The molecule has 6 heteroatoms. The van der Waals surface area contributed by atoms with E-state index >= 15 is 0 Å². The van der Waals surface area contributed by atoms with Crippen molar-refractivity contribution in [1.29, 1.82) is 5.26 Å². The van der Waals surface area contributed by atoms with Gasteiger partial charge in [0, 0.05) is 24.8 Å². The predicted molar refractivity (Wildman–Crippen MR) is 71.9 cm³/mol. The zero-order chi connectivity index (χ0) is 15.2. The zero-order valence-electron chi connectivity index (χ0n) is 11.2. The third-order valence-corrected chi connectivity index (χ3v) is 3.14. The van der Waals surface area contributed by atoms with E-state index in [0.717, 1.165) is 25.0 Å². The van der Waals surface area contributed by atoms with Crippen molar-refractivity contribution in [2.24, 2.45) is 0 Å². The van der Waals surface area contributed by atoms with Crippen LogP contribution in [-0.2, 0) is 9.53 Å². The Kier molecular flexibility index (Phi) is 5.01. The molecule has 21 heavy (non-hydrogen) atoms. The van der Waals surface area contributed by atoms with Crippen LogP contribution in [0.3, 0.4) is 0 Å². The molecule has 1 saturated heterocycles. The molecule has 110 valence electrons. The topological polar surface area (TPSA) is 62.1 Å². The first kappa shape index (κ1) is 15.1. The van der Waals surface area contributed by atoms with E-state index in [9.17, 15) is 13.6 Å². The van der Waals surface area contributed by atoms with E-state index in [0.29, 0.717) is 19.2 Å². The normalized spacial score (nSPS) is 18.3. The molecule has 1 atom stereocenters. The largest absolute Gasteiger partial charge is 0.376 e. The van der Waals surface area contributed by atoms with Gasteiger partial charge in [0.2, 0.25) is 0 Å². The maximum absolute atomic E-state index is 13.5. The first-order valence-corrected chi connectivity index (χ1v) is 6.57. The molecule has 4 nitrogen and oxygen atoms in total. The number of carbonyl (C=O) groups excluding carboxylic acids is 1. The van der Waals surface area contributed by atoms with Crippen LogP contribution < -0.4 is 5.32 Å². The molecule has 1 aliphatic heterocycles. The van der Waals surface area contributed by atoms with Crippen LogP contribution in [0.1, 0.15) is 18.4 Å². The van der Waals surface area contributed by atoms with E-state index in [1.165, 1.54) is 6.07 Å². The van der Waals surface area contributed by atoms with Crippen LogP contribution in [0.4, 0.5) is 8.78 Å². The standard InChI is InChI=1S/C15H14F2N2O2/c16-12-4-3-10(14(17)7-12)6-11(8-18)15(20)19-9-13-2-1-5-21-13/h3-4,6-7,13H,1-2,5,9H2,(H,19,20)/b11-6+/t13-/m1/s1. The van der Waals surface area contributed by atoms with E-state index in [1.807, 2.05) is 0 Å². The van der Waals surface area contributed by atoms with Gasteiger partial charge < -0.3 is 10.1 Å². The Morgan fingerprint density at radius 2 is 2.33 bits per heavy atom. The summed E-state index contributed by atoms with van der Waals surface area (Å²) in [4.78, 5) is 11.9. The van der Waals surface area contributed by atoms with E-state index < -0.39 is 17.5 Å². The fourth-order valence-corrected chi connectivity index (χ4v) is 2.03. The van der Waals surface area contributed by atoms with Crippen molar-refractivity contribution in [2.45, 2.75) is 18.9 Å². The second kappa shape index (κ2) is 6.95. The van der Waals surface area contributed by atoms with Crippen molar-refractivity contribution >= 4 is 12.0 Å². The number of benzene rings is 1. The first-order valence-electron chi connectivity index (χ1n) is 6.57. The van der Waals surface area contributed by atoms with Crippen LogP contribution in [-0.4, -0.2) is 25.2 Å². The van der Waals surface area contributed by atoms with Crippen molar-refractivity contribution in [1.82, 2.24) is 5.32 Å². The molecule has 1 aliphatic rings. The lowest BCUT2D eigenvalue weighted by molar-refractivity contribution is -0.117. The van der Waals surface area contributed by atoms with Gasteiger partial charge in [-0.3, -0.25) is 4.79 Å². The van der Waals surface area contributed by atoms with Crippen molar-refractivity contribution in [3.05, 3.63) is 41.0 Å². The molecular weight excluding hydrogens is 278 g/mol. The summed E-state index contributed by atoms with van der Waals surface area (Å²) in [6.45, 7) is 0.978. The number of hydrogen-bond acceptors (Lipinski definition) is 3. The monoisotopic (exact) mass is 292 g/mol. The number of halogens is 2. The highest BCUT2D eigenvalue weighted by molar-refractivity contribution is 6.01. The Bertz CT molecular complexity index is 602. The Morgan fingerprint density at radius 1 is 1.52 bits per heavy atom. The third kappa shape index (κ3) is 4.10. The highest BCUT2D eigenvalue weighted by Gasteiger charge is 2.17. The van der Waals surface area contributed by atoms with Gasteiger partial charge in [0.05, 0.1) is 6.10 Å². The number of amides is 1. The number of nitriles is 1. The highest BCUT2D eigenvalue weighted by Crippen LogP contribution is 2.14. The summed E-state index contributed by atoms with van der Waals surface area (Å²) in [7, 11) is 0. The summed E-state index contributed by atoms with van der Waals surface area (Å²) in [5.74, 6) is -2.14. The smallest absolute Gasteiger partial charge is 0.262 e. The van der Waals surface area contributed by atoms with Gasteiger partial charge in [-0.05, 0) is 31.1 Å². The molecule has 0 bridgehead atoms. The van der Waals surface area contributed by atoms with E-state index in [-0.39, 0.29) is 17.2 Å². The molecule has 1 N–H and O–H groups in total. The summed E-state index contributed by atoms with van der Waals surface area (Å²) >= 11 is 0. The van der Waals surface area contributed by atoms with Gasteiger partial charge in [-0.1, -0.05) is 0 Å². The minimum absolute atomic E-state index is 0.0137. The molecule has 1 amide bonds. The van der Waals surface area contributed by atoms with Crippen LogP contribution in [0.2, 0.25) is 0 Å². The third-order valence-electron chi connectivity index (χ3n) is 3.14. The molecular formula is C15H14F2N2O2. The highest BCUT2D eigenvalue weighted by atomic mass is 19.1. The summed E-state index contributed by atoms with van der Waals surface area (Å²) in [6.07, 6.45) is 2.86. The molecule has 0 unspecified atom stereocenters. The van der Waals surface area contributed by atoms with E-state index in [4.69, 9.17) is 10.00 Å². The van der Waals surface area contributed by atoms with Crippen LogP contribution >= 0.6 is 0 Å². The number of nitrogens with one attached hydrogen (secondary N) is 1. The van der Waals surface area contributed by atoms with Crippen LogP contribution in [0, 0.1) is 23.0 Å². The zero-order valence-corrected chi connectivity index (χ0v) is 11.2. The van der Waals surface area contributed by atoms with Crippen LogP contribution in [0.25, 0.3) is 6.08 Å². The Labute approximate surface area is 121 Å². The lowest BCUT2D eigenvalue weighted by Gasteiger charge is -2.10. The van der Waals surface area contributed by atoms with Gasteiger partial charge in [-0.25, -0.2) is 8.78 Å². The maximum atomic E-state index is 13.5. The van der Waals surface area contributed by atoms with Crippen LogP contribution in [0.15, 0.2) is 23.8 Å². The fraction of sp³-hybridized carbons (Fsp3) is 0.333. The second-order valence-electron chi connectivity index (χ2n) is 4.68. The van der Waals surface area contributed by atoms with Crippen molar-refractivity contribution in [3.63, 3.8) is 0 Å². The molecule has 0 radical (unpaired) electrons. The van der Waals surface area contributed by atoms with Gasteiger partial charge in [0.25, 0.3) is 5.91 Å². The molecule has 1 fully saturated rings. The minimum atomic E-state index is -0.824. The molecule has 0 aliphatic carbocycles. The number of rotatable bonds is 4. The van der Waals surface area contributed by atoms with Crippen molar-refractivity contribution in [2.75, 3.05) is 13.2 Å². The molecule has 0 spiro atoms. The number of ether oxygens (including phenoxy) is 1. The second-order valence-corrected chi connectivity index (χ2v) is 4.68. The number of carbonyl (C=O) groups is 1. The lowest BCUT2D eigenvalue weighted by atomic mass is 10.1. The molecule has 0 saturated carbocycles. The van der Waals surface area contributed by atoms with Gasteiger partial charge in [0.15, 0.2) is 0 Å². The van der Waals surface area contributed by atoms with Crippen molar-refractivity contribution < 1.29 is 18.3 Å². The number of hydrogen-bond donors (Lipinski definition) is 1. The molecule has 1 aromatic rings. The van der Waals surface area contributed by atoms with Gasteiger partial charge in [0.1, 0.15) is 23.3 Å². The Morgan fingerprint density at radius 3 is 2.95 bits per heavy atom.